The van der Waals surface area contributed by atoms with Crippen molar-refractivity contribution in [3.8, 4) is 0 Å². The van der Waals surface area contributed by atoms with E-state index in [4.69, 9.17) is 0 Å². The number of aromatic nitrogens is 2. The summed E-state index contributed by atoms with van der Waals surface area (Å²) < 4.78 is 0. The lowest BCUT2D eigenvalue weighted by molar-refractivity contribution is 0.783. The Morgan fingerprint density at radius 2 is 2.15 bits per heavy atom. The number of nitrogens with zero attached hydrogens (tertiary/aromatic N) is 2. The Morgan fingerprint density at radius 3 is 2.69 bits per heavy atom. The van der Waals surface area contributed by atoms with E-state index in [2.05, 4.69) is 30.4 Å². The topological polar surface area (TPSA) is 25.8 Å². The van der Waals surface area contributed by atoms with Crippen molar-refractivity contribution in [2.45, 2.75) is 19.0 Å². The van der Waals surface area contributed by atoms with Crippen LogP contribution in [0.15, 0.2) is 35.8 Å². The molecule has 1 aromatic rings. The number of hydrogen-bond donors (Lipinski definition) is 0. The van der Waals surface area contributed by atoms with Crippen LogP contribution in [0.1, 0.15) is 13.8 Å². The zero-order valence-corrected chi connectivity index (χ0v) is 8.84. The number of thioether (sulfide) groups is 1. The fourth-order valence-corrected chi connectivity index (χ4v) is 1.66. The Balaban J connectivity index is 2.39. The normalized spacial score (nSPS) is 12.5. The zero-order valence-electron chi connectivity index (χ0n) is 8.03. The highest BCUT2D eigenvalue weighted by atomic mass is 32.2. The minimum Gasteiger partial charge on any atom is -0.231 e. The molecule has 0 radical (unpaired) electrons. The van der Waals surface area contributed by atoms with Gasteiger partial charge in [0.15, 0.2) is 5.16 Å². The van der Waals surface area contributed by atoms with Gasteiger partial charge in [0.05, 0.1) is 0 Å². The molecule has 1 heterocycles. The van der Waals surface area contributed by atoms with Gasteiger partial charge in [0.1, 0.15) is 0 Å². The molecule has 0 amide bonds. The maximum atomic E-state index is 4.13. The quantitative estimate of drug-likeness (QED) is 0.419. The first-order chi connectivity index (χ1) is 6.20. The van der Waals surface area contributed by atoms with Crippen LogP contribution in [0.5, 0.6) is 0 Å². The second-order valence-electron chi connectivity index (χ2n) is 3.09. The number of rotatable bonds is 4. The molecular formula is C10H14N2S. The highest BCUT2D eigenvalue weighted by Gasteiger charge is 2.04. The predicted molar refractivity (Wildman–Crippen MR) is 56.7 cm³/mol. The Bertz CT molecular complexity index is 272. The molecule has 13 heavy (non-hydrogen) atoms. The SMILES string of the molecule is C=C(C)[C@H](C)CSc1ncccn1. The summed E-state index contributed by atoms with van der Waals surface area (Å²) in [4.78, 5) is 8.26. The van der Waals surface area contributed by atoms with E-state index in [1.54, 1.807) is 24.2 Å². The molecule has 2 nitrogen and oxygen atoms in total. The Kier molecular flexibility index (Phi) is 3.96. The summed E-state index contributed by atoms with van der Waals surface area (Å²) in [5.74, 6) is 1.52. The molecule has 0 aromatic carbocycles. The van der Waals surface area contributed by atoms with Crippen molar-refractivity contribution in [2.24, 2.45) is 5.92 Å². The molecule has 0 fully saturated rings. The molecule has 0 aliphatic rings. The molecule has 1 aromatic heterocycles. The van der Waals surface area contributed by atoms with Crippen molar-refractivity contribution in [2.75, 3.05) is 5.75 Å². The van der Waals surface area contributed by atoms with Crippen LogP contribution >= 0.6 is 11.8 Å². The second kappa shape index (κ2) is 5.02. The Morgan fingerprint density at radius 1 is 1.54 bits per heavy atom. The van der Waals surface area contributed by atoms with Crippen molar-refractivity contribution in [3.05, 3.63) is 30.6 Å². The van der Waals surface area contributed by atoms with E-state index in [0.717, 1.165) is 10.9 Å². The van der Waals surface area contributed by atoms with Gasteiger partial charge in [-0.15, -0.1) is 0 Å². The first-order valence-electron chi connectivity index (χ1n) is 4.25. The van der Waals surface area contributed by atoms with E-state index >= 15 is 0 Å². The van der Waals surface area contributed by atoms with Gasteiger partial charge in [-0.25, -0.2) is 9.97 Å². The Labute approximate surface area is 83.5 Å². The van der Waals surface area contributed by atoms with Gasteiger partial charge in [-0.1, -0.05) is 30.8 Å². The molecule has 0 unspecified atom stereocenters. The maximum absolute atomic E-state index is 4.13. The van der Waals surface area contributed by atoms with Crippen molar-refractivity contribution >= 4 is 11.8 Å². The fraction of sp³-hybridized carbons (Fsp3) is 0.400. The largest absolute Gasteiger partial charge is 0.231 e. The van der Waals surface area contributed by atoms with Gasteiger partial charge in [-0.05, 0) is 18.9 Å². The number of allylic oxidation sites excluding steroid dienone is 1. The van der Waals surface area contributed by atoms with Gasteiger partial charge in [0.2, 0.25) is 0 Å². The lowest BCUT2D eigenvalue weighted by atomic mass is 10.1. The van der Waals surface area contributed by atoms with E-state index in [-0.39, 0.29) is 0 Å². The minimum atomic E-state index is 0.522. The van der Waals surface area contributed by atoms with Crippen LogP contribution in [0, 0.1) is 5.92 Å². The van der Waals surface area contributed by atoms with Gasteiger partial charge in [0, 0.05) is 18.1 Å². The Hall–Kier alpha value is -0.830. The predicted octanol–water partition coefficient (Wildman–Crippen LogP) is 2.78. The van der Waals surface area contributed by atoms with E-state index in [0.29, 0.717) is 5.92 Å². The molecule has 0 saturated carbocycles. The third-order valence-corrected chi connectivity index (χ3v) is 2.98. The lowest BCUT2D eigenvalue weighted by Gasteiger charge is -2.08. The fourth-order valence-electron chi connectivity index (χ4n) is 0.702. The van der Waals surface area contributed by atoms with E-state index in [1.807, 2.05) is 6.07 Å². The van der Waals surface area contributed by atoms with Gasteiger partial charge < -0.3 is 0 Å². The van der Waals surface area contributed by atoms with Crippen molar-refractivity contribution < 1.29 is 0 Å². The monoisotopic (exact) mass is 194 g/mol. The van der Waals surface area contributed by atoms with Crippen LogP contribution < -0.4 is 0 Å². The highest BCUT2D eigenvalue weighted by Crippen LogP contribution is 2.19. The van der Waals surface area contributed by atoms with Crippen LogP contribution in [0.3, 0.4) is 0 Å². The summed E-state index contributed by atoms with van der Waals surface area (Å²) in [6.45, 7) is 8.13. The van der Waals surface area contributed by atoms with Crippen LogP contribution in [0.25, 0.3) is 0 Å². The zero-order chi connectivity index (χ0) is 9.68. The standard InChI is InChI=1S/C10H14N2S/c1-8(2)9(3)7-13-10-11-5-4-6-12-10/h4-6,9H,1,7H2,2-3H3/t9-/m1/s1. The molecule has 70 valence electrons. The van der Waals surface area contributed by atoms with Crippen LogP contribution in [0.2, 0.25) is 0 Å². The lowest BCUT2D eigenvalue weighted by Crippen LogP contribution is -1.99. The summed E-state index contributed by atoms with van der Waals surface area (Å²) in [7, 11) is 0. The van der Waals surface area contributed by atoms with Gasteiger partial charge in [-0.2, -0.15) is 0 Å². The van der Waals surface area contributed by atoms with E-state index in [9.17, 15) is 0 Å². The van der Waals surface area contributed by atoms with Crippen molar-refractivity contribution in [1.82, 2.24) is 9.97 Å². The van der Waals surface area contributed by atoms with Crippen LogP contribution in [-0.4, -0.2) is 15.7 Å². The summed E-state index contributed by atoms with van der Waals surface area (Å²) in [6, 6.07) is 1.83. The molecule has 3 heteroatoms. The molecule has 1 rings (SSSR count). The number of hydrogen-bond acceptors (Lipinski definition) is 3. The molecule has 0 aliphatic heterocycles. The van der Waals surface area contributed by atoms with Crippen molar-refractivity contribution in [1.29, 1.82) is 0 Å². The van der Waals surface area contributed by atoms with Crippen molar-refractivity contribution in [3.63, 3.8) is 0 Å². The summed E-state index contributed by atoms with van der Waals surface area (Å²) in [5, 5.41) is 0.843. The molecule has 0 saturated heterocycles. The first kappa shape index (κ1) is 10.3. The minimum absolute atomic E-state index is 0.522. The summed E-state index contributed by atoms with van der Waals surface area (Å²) >= 11 is 1.67. The van der Waals surface area contributed by atoms with E-state index < -0.39 is 0 Å². The molecule has 0 N–H and O–H groups in total. The van der Waals surface area contributed by atoms with Gasteiger partial charge in [-0.3, -0.25) is 0 Å². The van der Waals surface area contributed by atoms with E-state index in [1.165, 1.54) is 5.57 Å². The third-order valence-electron chi connectivity index (χ3n) is 1.85. The van der Waals surface area contributed by atoms with Crippen LogP contribution in [-0.2, 0) is 0 Å². The molecule has 0 aliphatic carbocycles. The summed E-state index contributed by atoms with van der Waals surface area (Å²) in [5.41, 5.74) is 1.21. The van der Waals surface area contributed by atoms with Gasteiger partial charge >= 0.3 is 0 Å². The first-order valence-corrected chi connectivity index (χ1v) is 5.24. The maximum Gasteiger partial charge on any atom is 0.187 e. The molecule has 1 atom stereocenters. The summed E-state index contributed by atoms with van der Waals surface area (Å²) in [6.07, 6.45) is 3.53. The smallest absolute Gasteiger partial charge is 0.187 e. The molecular weight excluding hydrogens is 180 g/mol. The highest BCUT2D eigenvalue weighted by molar-refractivity contribution is 7.99. The van der Waals surface area contributed by atoms with Crippen LogP contribution in [0.4, 0.5) is 0 Å². The average Bonchev–Trinajstić information content (AvgIpc) is 2.15. The molecule has 0 bridgehead atoms. The molecule has 0 spiro atoms. The average molecular weight is 194 g/mol. The third kappa shape index (κ3) is 3.59. The van der Waals surface area contributed by atoms with Gasteiger partial charge in [0.25, 0.3) is 0 Å². The second-order valence-corrected chi connectivity index (χ2v) is 4.08.